The number of likely N-dealkylation sites (N-methyl/N-ethyl adjacent to an activating group) is 1. The van der Waals surface area contributed by atoms with Gasteiger partial charge in [-0.15, -0.1) is 0 Å². The maximum atomic E-state index is 12.5. The molecule has 2 heterocycles. The number of amides is 2. The molecule has 1 aliphatic rings. The molecule has 0 saturated carbocycles. The summed E-state index contributed by atoms with van der Waals surface area (Å²) in [6.07, 6.45) is 3.97. The second-order valence-electron chi connectivity index (χ2n) is 6.50. The van der Waals surface area contributed by atoms with E-state index in [1.807, 2.05) is 11.9 Å². The summed E-state index contributed by atoms with van der Waals surface area (Å²) in [6, 6.07) is 1.64. The lowest BCUT2D eigenvalue weighted by Gasteiger charge is -2.32. The molecule has 1 saturated heterocycles. The summed E-state index contributed by atoms with van der Waals surface area (Å²) in [6.45, 7) is 8.02. The lowest BCUT2D eigenvalue weighted by molar-refractivity contribution is 0.0663. The minimum atomic E-state index is -0.175. The van der Waals surface area contributed by atoms with Gasteiger partial charge in [0, 0.05) is 45.1 Å². The van der Waals surface area contributed by atoms with E-state index in [2.05, 4.69) is 29.0 Å². The molecule has 6 nitrogen and oxygen atoms in total. The predicted molar refractivity (Wildman–Crippen MR) is 89.4 cm³/mol. The van der Waals surface area contributed by atoms with E-state index in [-0.39, 0.29) is 11.8 Å². The number of hydrogen-bond donors (Lipinski definition) is 1. The van der Waals surface area contributed by atoms with Crippen molar-refractivity contribution in [3.63, 3.8) is 0 Å². The molecule has 0 radical (unpaired) electrons. The largest absolute Gasteiger partial charge is 0.352 e. The topological polar surface area (TPSA) is 65.5 Å². The first-order valence-corrected chi connectivity index (χ1v) is 8.18. The Morgan fingerprint density at radius 3 is 2.48 bits per heavy atom. The molecule has 1 N–H and O–H groups in total. The molecule has 23 heavy (non-hydrogen) atoms. The van der Waals surface area contributed by atoms with Crippen LogP contribution in [0.1, 0.15) is 41.0 Å². The number of nitrogens with zero attached hydrogens (tertiary/aromatic N) is 3. The maximum Gasteiger partial charge on any atom is 0.255 e. The summed E-state index contributed by atoms with van der Waals surface area (Å²) < 4.78 is 0. The number of nitrogens with one attached hydrogen (secondary N) is 1. The van der Waals surface area contributed by atoms with E-state index in [4.69, 9.17) is 0 Å². The van der Waals surface area contributed by atoms with Crippen LogP contribution in [0.4, 0.5) is 0 Å². The van der Waals surface area contributed by atoms with E-state index < -0.39 is 0 Å². The molecule has 126 valence electrons. The Morgan fingerprint density at radius 2 is 1.83 bits per heavy atom. The smallest absolute Gasteiger partial charge is 0.255 e. The highest BCUT2D eigenvalue weighted by Crippen LogP contribution is 2.09. The normalized spacial score (nSPS) is 15.7. The second-order valence-corrected chi connectivity index (χ2v) is 6.50. The van der Waals surface area contributed by atoms with Crippen LogP contribution in [0.5, 0.6) is 0 Å². The first-order valence-electron chi connectivity index (χ1n) is 8.18. The summed E-state index contributed by atoms with van der Waals surface area (Å²) in [5.41, 5.74) is 0.916. The molecule has 0 bridgehead atoms. The zero-order valence-corrected chi connectivity index (χ0v) is 14.2. The second kappa shape index (κ2) is 8.06. The fourth-order valence-corrected chi connectivity index (χ4v) is 2.45. The van der Waals surface area contributed by atoms with Crippen LogP contribution in [-0.4, -0.2) is 66.4 Å². The highest BCUT2D eigenvalue weighted by Gasteiger charge is 2.21. The summed E-state index contributed by atoms with van der Waals surface area (Å²) in [4.78, 5) is 32.7. The van der Waals surface area contributed by atoms with Crippen molar-refractivity contribution in [3.8, 4) is 0 Å². The molecule has 0 unspecified atom stereocenters. The number of piperazine rings is 1. The Kier molecular flexibility index (Phi) is 6.10. The SMILES string of the molecule is CC(C)CCNC(=O)c1cncc(C(=O)N2CCN(C)CC2)c1. The molecule has 0 aliphatic carbocycles. The molecule has 1 aliphatic heterocycles. The van der Waals surface area contributed by atoms with Crippen molar-refractivity contribution in [3.05, 3.63) is 29.6 Å². The first kappa shape index (κ1) is 17.4. The minimum absolute atomic E-state index is 0.0533. The molecule has 0 atom stereocenters. The quantitative estimate of drug-likeness (QED) is 0.887. The Hall–Kier alpha value is -1.95. The van der Waals surface area contributed by atoms with Crippen LogP contribution in [0.2, 0.25) is 0 Å². The molecule has 0 aromatic carbocycles. The summed E-state index contributed by atoms with van der Waals surface area (Å²) >= 11 is 0. The van der Waals surface area contributed by atoms with Gasteiger partial charge in [-0.2, -0.15) is 0 Å². The average Bonchev–Trinajstić information content (AvgIpc) is 2.54. The average molecular weight is 318 g/mol. The van der Waals surface area contributed by atoms with E-state index in [1.54, 1.807) is 6.07 Å². The van der Waals surface area contributed by atoms with E-state index in [0.29, 0.717) is 36.7 Å². The number of carbonyl (C=O) groups is 2. The number of aromatic nitrogens is 1. The van der Waals surface area contributed by atoms with Gasteiger partial charge < -0.3 is 15.1 Å². The zero-order chi connectivity index (χ0) is 16.8. The van der Waals surface area contributed by atoms with Crippen LogP contribution >= 0.6 is 0 Å². The Labute approximate surface area is 137 Å². The number of rotatable bonds is 5. The highest BCUT2D eigenvalue weighted by molar-refractivity contribution is 5.99. The molecule has 6 heteroatoms. The van der Waals surface area contributed by atoms with Crippen LogP contribution in [0.15, 0.2) is 18.5 Å². The van der Waals surface area contributed by atoms with Gasteiger partial charge in [0.15, 0.2) is 0 Å². The van der Waals surface area contributed by atoms with Gasteiger partial charge in [0.2, 0.25) is 0 Å². The first-order chi connectivity index (χ1) is 11.0. The third kappa shape index (κ3) is 5.03. The number of pyridine rings is 1. The summed E-state index contributed by atoms with van der Waals surface area (Å²) in [5.74, 6) is 0.312. The van der Waals surface area contributed by atoms with Crippen LogP contribution in [0.25, 0.3) is 0 Å². The predicted octanol–water partition coefficient (Wildman–Crippen LogP) is 1.25. The zero-order valence-electron chi connectivity index (χ0n) is 14.2. The maximum absolute atomic E-state index is 12.5. The molecule has 0 spiro atoms. The van der Waals surface area contributed by atoms with Crippen molar-refractivity contribution < 1.29 is 9.59 Å². The molecular weight excluding hydrogens is 292 g/mol. The van der Waals surface area contributed by atoms with Gasteiger partial charge in [-0.25, -0.2) is 0 Å². The molecule has 1 aromatic heterocycles. The van der Waals surface area contributed by atoms with E-state index >= 15 is 0 Å². The van der Waals surface area contributed by atoms with Gasteiger partial charge in [-0.3, -0.25) is 14.6 Å². The molecule has 1 fully saturated rings. The Balaban J connectivity index is 1.98. The van der Waals surface area contributed by atoms with Gasteiger partial charge in [0.05, 0.1) is 11.1 Å². The van der Waals surface area contributed by atoms with Crippen molar-refractivity contribution in [2.24, 2.45) is 5.92 Å². The van der Waals surface area contributed by atoms with Gasteiger partial charge >= 0.3 is 0 Å². The summed E-state index contributed by atoms with van der Waals surface area (Å²) in [5, 5.41) is 2.87. The van der Waals surface area contributed by atoms with Crippen molar-refractivity contribution >= 4 is 11.8 Å². The fraction of sp³-hybridized carbons (Fsp3) is 0.588. The molecule has 1 aromatic rings. The van der Waals surface area contributed by atoms with Crippen molar-refractivity contribution in [2.45, 2.75) is 20.3 Å². The monoisotopic (exact) mass is 318 g/mol. The van der Waals surface area contributed by atoms with Crippen LogP contribution in [-0.2, 0) is 0 Å². The van der Waals surface area contributed by atoms with Crippen molar-refractivity contribution in [2.75, 3.05) is 39.8 Å². The van der Waals surface area contributed by atoms with Crippen LogP contribution < -0.4 is 5.32 Å². The molecule has 2 amide bonds. The van der Waals surface area contributed by atoms with Gasteiger partial charge in [0.1, 0.15) is 0 Å². The highest BCUT2D eigenvalue weighted by atomic mass is 16.2. The van der Waals surface area contributed by atoms with Crippen molar-refractivity contribution in [1.29, 1.82) is 0 Å². The van der Waals surface area contributed by atoms with Gasteiger partial charge in [0.25, 0.3) is 11.8 Å². The fourth-order valence-electron chi connectivity index (χ4n) is 2.45. The standard InChI is InChI=1S/C17H26N4O2/c1-13(2)4-5-19-16(22)14-10-15(12-18-11-14)17(23)21-8-6-20(3)7-9-21/h10-13H,4-9H2,1-3H3,(H,19,22). The van der Waals surface area contributed by atoms with Crippen molar-refractivity contribution in [1.82, 2.24) is 20.1 Å². The van der Waals surface area contributed by atoms with Gasteiger partial charge in [-0.1, -0.05) is 13.8 Å². The lowest BCUT2D eigenvalue weighted by Crippen LogP contribution is -2.47. The van der Waals surface area contributed by atoms with Crippen LogP contribution in [0, 0.1) is 5.92 Å². The number of carbonyl (C=O) groups excluding carboxylic acids is 2. The van der Waals surface area contributed by atoms with E-state index in [1.165, 1.54) is 12.4 Å². The third-order valence-corrected chi connectivity index (χ3v) is 4.05. The Bertz CT molecular complexity index is 551. The molecule has 2 rings (SSSR count). The lowest BCUT2D eigenvalue weighted by atomic mass is 10.1. The van der Waals surface area contributed by atoms with Gasteiger partial charge in [-0.05, 0) is 25.5 Å². The molecular formula is C17H26N4O2. The van der Waals surface area contributed by atoms with E-state index in [9.17, 15) is 9.59 Å². The Morgan fingerprint density at radius 1 is 1.17 bits per heavy atom. The minimum Gasteiger partial charge on any atom is -0.352 e. The van der Waals surface area contributed by atoms with Crippen LogP contribution in [0.3, 0.4) is 0 Å². The summed E-state index contributed by atoms with van der Waals surface area (Å²) in [7, 11) is 2.05. The number of hydrogen-bond acceptors (Lipinski definition) is 4. The third-order valence-electron chi connectivity index (χ3n) is 4.05. The van der Waals surface area contributed by atoms with E-state index in [0.717, 1.165) is 19.5 Å².